The van der Waals surface area contributed by atoms with E-state index in [1.54, 1.807) is 23.7 Å². The first kappa shape index (κ1) is 11.7. The van der Waals surface area contributed by atoms with Crippen molar-refractivity contribution in [3.8, 4) is 0 Å². The van der Waals surface area contributed by atoms with E-state index in [-0.39, 0.29) is 17.4 Å². The first-order valence-corrected chi connectivity index (χ1v) is 5.89. The van der Waals surface area contributed by atoms with E-state index < -0.39 is 5.97 Å². The molecule has 2 heterocycles. The Morgan fingerprint density at radius 2 is 2.16 bits per heavy atom. The summed E-state index contributed by atoms with van der Waals surface area (Å²) in [4.78, 5) is 11.2. The molecule has 6 heteroatoms. The highest BCUT2D eigenvalue weighted by Gasteiger charge is 2.30. The summed E-state index contributed by atoms with van der Waals surface area (Å²) in [5, 5.41) is 16.5. The lowest BCUT2D eigenvalue weighted by Crippen LogP contribution is -2.09. The standard InChI is InChI=1S/C13H12FN3O2/c1-7-11(13(18)19)12-15-10(6-17(12)16-7)8-2-4-9(14)5-3-8/h2-5,10,15H,6H2,1H3,(H,18,19)/t10-/m0/s1. The number of rotatable bonds is 2. The molecule has 0 aliphatic carbocycles. The summed E-state index contributed by atoms with van der Waals surface area (Å²) in [6.07, 6.45) is 0. The summed E-state index contributed by atoms with van der Waals surface area (Å²) in [6.45, 7) is 2.21. The predicted octanol–water partition coefficient (Wildman–Crippen LogP) is 2.20. The fourth-order valence-corrected chi connectivity index (χ4v) is 2.38. The number of hydrogen-bond acceptors (Lipinski definition) is 3. The van der Waals surface area contributed by atoms with E-state index in [0.717, 1.165) is 5.56 Å². The zero-order valence-corrected chi connectivity index (χ0v) is 10.2. The van der Waals surface area contributed by atoms with Crippen LogP contribution in [0.3, 0.4) is 0 Å². The fraction of sp³-hybridized carbons (Fsp3) is 0.231. The summed E-state index contributed by atoms with van der Waals surface area (Å²) in [5.41, 5.74) is 1.60. The smallest absolute Gasteiger partial charge is 0.341 e. The van der Waals surface area contributed by atoms with Crippen LogP contribution in [0.1, 0.15) is 27.7 Å². The number of aromatic nitrogens is 2. The molecule has 19 heavy (non-hydrogen) atoms. The third-order valence-corrected chi connectivity index (χ3v) is 3.28. The first-order chi connectivity index (χ1) is 9.06. The summed E-state index contributed by atoms with van der Waals surface area (Å²) in [7, 11) is 0. The molecule has 0 amide bonds. The molecular formula is C13H12FN3O2. The van der Waals surface area contributed by atoms with Crippen LogP contribution in [0.4, 0.5) is 10.2 Å². The van der Waals surface area contributed by atoms with E-state index in [0.29, 0.717) is 18.1 Å². The Bertz CT molecular complexity index is 649. The van der Waals surface area contributed by atoms with Crippen LogP contribution in [-0.4, -0.2) is 20.9 Å². The molecule has 0 fully saturated rings. The molecule has 98 valence electrons. The largest absolute Gasteiger partial charge is 0.477 e. The molecule has 1 aromatic heterocycles. The van der Waals surface area contributed by atoms with Crippen LogP contribution in [0.25, 0.3) is 0 Å². The van der Waals surface area contributed by atoms with Crippen LogP contribution in [0.5, 0.6) is 0 Å². The maximum absolute atomic E-state index is 12.9. The highest BCUT2D eigenvalue weighted by molar-refractivity contribution is 5.95. The molecule has 1 atom stereocenters. The Morgan fingerprint density at radius 1 is 1.47 bits per heavy atom. The number of halogens is 1. The average molecular weight is 261 g/mol. The lowest BCUT2D eigenvalue weighted by Gasteiger charge is -2.11. The van der Waals surface area contributed by atoms with Gasteiger partial charge in [-0.3, -0.25) is 0 Å². The normalized spacial score (nSPS) is 17.1. The van der Waals surface area contributed by atoms with Crippen molar-refractivity contribution < 1.29 is 14.3 Å². The monoisotopic (exact) mass is 261 g/mol. The van der Waals surface area contributed by atoms with Crippen LogP contribution in [0, 0.1) is 12.7 Å². The molecular weight excluding hydrogens is 249 g/mol. The Hall–Kier alpha value is -2.37. The van der Waals surface area contributed by atoms with Crippen LogP contribution >= 0.6 is 0 Å². The van der Waals surface area contributed by atoms with E-state index >= 15 is 0 Å². The Morgan fingerprint density at radius 3 is 2.79 bits per heavy atom. The third kappa shape index (κ3) is 1.85. The second-order valence-electron chi connectivity index (χ2n) is 4.54. The third-order valence-electron chi connectivity index (χ3n) is 3.28. The number of aromatic carboxylic acids is 1. The van der Waals surface area contributed by atoms with E-state index in [1.807, 2.05) is 0 Å². The predicted molar refractivity (Wildman–Crippen MR) is 66.7 cm³/mol. The van der Waals surface area contributed by atoms with E-state index in [2.05, 4.69) is 10.4 Å². The quantitative estimate of drug-likeness (QED) is 0.869. The second-order valence-corrected chi connectivity index (χ2v) is 4.54. The number of fused-ring (bicyclic) bond motifs is 1. The van der Waals surface area contributed by atoms with Crippen LogP contribution < -0.4 is 5.32 Å². The number of nitrogens with one attached hydrogen (secondary N) is 1. The minimum atomic E-state index is -0.994. The molecule has 2 N–H and O–H groups in total. The lowest BCUT2D eigenvalue weighted by atomic mass is 10.1. The molecule has 2 aromatic rings. The zero-order valence-electron chi connectivity index (χ0n) is 10.2. The van der Waals surface area contributed by atoms with Crippen LogP contribution in [0.15, 0.2) is 24.3 Å². The number of carboxylic acid groups (broad SMARTS) is 1. The molecule has 1 aliphatic rings. The molecule has 0 spiro atoms. The molecule has 1 aliphatic heterocycles. The van der Waals surface area contributed by atoms with Gasteiger partial charge in [-0.1, -0.05) is 12.1 Å². The SMILES string of the molecule is Cc1nn2c(c1C(=O)O)N[C@H](c1ccc(F)cc1)C2. The molecule has 0 unspecified atom stereocenters. The summed E-state index contributed by atoms with van der Waals surface area (Å²) < 4.78 is 14.5. The molecule has 3 rings (SSSR count). The molecule has 0 saturated carbocycles. The minimum absolute atomic E-state index is 0.0817. The molecule has 0 saturated heterocycles. The van der Waals surface area contributed by atoms with Gasteiger partial charge in [-0.25, -0.2) is 13.9 Å². The van der Waals surface area contributed by atoms with Crippen molar-refractivity contribution in [3.63, 3.8) is 0 Å². The molecule has 5 nitrogen and oxygen atoms in total. The number of nitrogens with zero attached hydrogens (tertiary/aromatic N) is 2. The van der Waals surface area contributed by atoms with Gasteiger partial charge in [0, 0.05) is 0 Å². The van der Waals surface area contributed by atoms with Crippen LogP contribution in [-0.2, 0) is 6.54 Å². The second kappa shape index (κ2) is 4.08. The Kier molecular flexibility index (Phi) is 2.51. The zero-order chi connectivity index (χ0) is 13.6. The van der Waals surface area contributed by atoms with Crippen molar-refractivity contribution in [1.29, 1.82) is 0 Å². The van der Waals surface area contributed by atoms with Gasteiger partial charge in [0.15, 0.2) is 0 Å². The summed E-state index contributed by atoms with van der Waals surface area (Å²) in [5.74, 6) is -0.771. The van der Waals surface area contributed by atoms with E-state index in [4.69, 9.17) is 5.11 Å². The van der Waals surface area contributed by atoms with Crippen LogP contribution in [0.2, 0.25) is 0 Å². The van der Waals surface area contributed by atoms with Gasteiger partial charge in [0.05, 0.1) is 18.3 Å². The number of benzene rings is 1. The molecule has 0 radical (unpaired) electrons. The fourth-order valence-electron chi connectivity index (χ4n) is 2.38. The van der Waals surface area contributed by atoms with Crippen molar-refractivity contribution >= 4 is 11.8 Å². The van der Waals surface area contributed by atoms with E-state index in [9.17, 15) is 9.18 Å². The van der Waals surface area contributed by atoms with Crippen molar-refractivity contribution in [2.24, 2.45) is 0 Å². The van der Waals surface area contributed by atoms with Gasteiger partial charge in [-0.2, -0.15) is 5.10 Å². The molecule has 1 aromatic carbocycles. The maximum atomic E-state index is 12.9. The van der Waals surface area contributed by atoms with Gasteiger partial charge in [-0.15, -0.1) is 0 Å². The van der Waals surface area contributed by atoms with Crippen molar-refractivity contribution in [2.75, 3.05) is 5.32 Å². The summed E-state index contributed by atoms with van der Waals surface area (Å²) >= 11 is 0. The van der Waals surface area contributed by atoms with Gasteiger partial charge in [0.1, 0.15) is 17.2 Å². The highest BCUT2D eigenvalue weighted by atomic mass is 19.1. The van der Waals surface area contributed by atoms with Gasteiger partial charge in [0.2, 0.25) is 0 Å². The van der Waals surface area contributed by atoms with E-state index in [1.165, 1.54) is 12.1 Å². The highest BCUT2D eigenvalue weighted by Crippen LogP contribution is 2.32. The first-order valence-electron chi connectivity index (χ1n) is 5.89. The lowest BCUT2D eigenvalue weighted by molar-refractivity contribution is 0.0697. The van der Waals surface area contributed by atoms with Gasteiger partial charge >= 0.3 is 5.97 Å². The topological polar surface area (TPSA) is 67.2 Å². The Balaban J connectivity index is 1.92. The Labute approximate surface area is 108 Å². The van der Waals surface area contributed by atoms with Crippen molar-refractivity contribution in [1.82, 2.24) is 9.78 Å². The van der Waals surface area contributed by atoms with Crippen molar-refractivity contribution in [2.45, 2.75) is 19.5 Å². The summed E-state index contributed by atoms with van der Waals surface area (Å²) in [6, 6.07) is 6.07. The number of carbonyl (C=O) groups is 1. The number of anilines is 1. The molecule has 0 bridgehead atoms. The minimum Gasteiger partial charge on any atom is -0.477 e. The van der Waals surface area contributed by atoms with Gasteiger partial charge < -0.3 is 10.4 Å². The number of carboxylic acids is 1. The maximum Gasteiger partial charge on any atom is 0.341 e. The van der Waals surface area contributed by atoms with Gasteiger partial charge in [-0.05, 0) is 24.6 Å². The average Bonchev–Trinajstić information content (AvgIpc) is 2.85. The van der Waals surface area contributed by atoms with Crippen molar-refractivity contribution in [3.05, 3.63) is 46.9 Å². The number of hydrogen-bond donors (Lipinski definition) is 2. The van der Waals surface area contributed by atoms with Gasteiger partial charge in [0.25, 0.3) is 0 Å². The number of aryl methyl sites for hydroxylation is 1.